The van der Waals surface area contributed by atoms with Crippen LogP contribution in [-0.4, -0.2) is 50.7 Å². The SMILES string of the molecule is O=C(NCC1CC(=O)N(c2ccc(F)cc2)C1)c1ccc(S(=O)(=O)N2CCCCC2)cc1. The lowest BCUT2D eigenvalue weighted by Crippen LogP contribution is -2.35. The van der Waals surface area contributed by atoms with E-state index in [9.17, 15) is 22.4 Å². The Labute approximate surface area is 187 Å². The molecule has 1 N–H and O–H groups in total. The number of hydrogen-bond donors (Lipinski definition) is 1. The van der Waals surface area contributed by atoms with Gasteiger partial charge in [0.05, 0.1) is 4.90 Å². The van der Waals surface area contributed by atoms with Gasteiger partial charge >= 0.3 is 0 Å². The van der Waals surface area contributed by atoms with Gasteiger partial charge in [0.25, 0.3) is 5.91 Å². The van der Waals surface area contributed by atoms with E-state index in [0.717, 1.165) is 19.3 Å². The van der Waals surface area contributed by atoms with E-state index in [1.165, 1.54) is 40.7 Å². The zero-order valence-corrected chi connectivity index (χ0v) is 18.5. The van der Waals surface area contributed by atoms with E-state index in [0.29, 0.717) is 43.9 Å². The fourth-order valence-electron chi connectivity index (χ4n) is 4.16. The molecule has 2 aliphatic rings. The van der Waals surface area contributed by atoms with Gasteiger partial charge in [0, 0.05) is 49.8 Å². The molecule has 32 heavy (non-hydrogen) atoms. The summed E-state index contributed by atoms with van der Waals surface area (Å²) >= 11 is 0. The van der Waals surface area contributed by atoms with Gasteiger partial charge in [0.1, 0.15) is 5.82 Å². The second kappa shape index (κ2) is 9.38. The lowest BCUT2D eigenvalue weighted by molar-refractivity contribution is -0.117. The highest BCUT2D eigenvalue weighted by molar-refractivity contribution is 7.89. The summed E-state index contributed by atoms with van der Waals surface area (Å²) < 4.78 is 40.1. The molecular weight excluding hydrogens is 433 g/mol. The van der Waals surface area contributed by atoms with E-state index >= 15 is 0 Å². The number of amides is 2. The van der Waals surface area contributed by atoms with Crippen molar-refractivity contribution in [1.82, 2.24) is 9.62 Å². The van der Waals surface area contributed by atoms with Gasteiger partial charge in [-0.15, -0.1) is 0 Å². The van der Waals surface area contributed by atoms with Crippen LogP contribution in [0.1, 0.15) is 36.0 Å². The molecule has 0 spiro atoms. The fourth-order valence-corrected chi connectivity index (χ4v) is 5.68. The van der Waals surface area contributed by atoms with E-state index in [-0.39, 0.29) is 28.4 Å². The van der Waals surface area contributed by atoms with Crippen molar-refractivity contribution in [1.29, 1.82) is 0 Å². The lowest BCUT2D eigenvalue weighted by Gasteiger charge is -2.25. The average molecular weight is 460 g/mol. The molecule has 0 aromatic heterocycles. The van der Waals surface area contributed by atoms with Crippen molar-refractivity contribution in [3.8, 4) is 0 Å². The predicted octanol–water partition coefficient (Wildman–Crippen LogP) is 2.78. The van der Waals surface area contributed by atoms with Crippen LogP contribution in [0.4, 0.5) is 10.1 Å². The number of halogens is 1. The lowest BCUT2D eigenvalue weighted by atomic mass is 10.1. The maximum Gasteiger partial charge on any atom is 0.251 e. The molecule has 2 amide bonds. The third kappa shape index (κ3) is 4.83. The van der Waals surface area contributed by atoms with Gasteiger partial charge in [-0.25, -0.2) is 12.8 Å². The highest BCUT2D eigenvalue weighted by atomic mass is 32.2. The third-order valence-electron chi connectivity index (χ3n) is 5.96. The summed E-state index contributed by atoms with van der Waals surface area (Å²) in [5, 5.41) is 2.83. The molecule has 2 fully saturated rings. The number of rotatable bonds is 6. The molecule has 7 nitrogen and oxygen atoms in total. The summed E-state index contributed by atoms with van der Waals surface area (Å²) in [7, 11) is -3.54. The maximum atomic E-state index is 13.1. The largest absolute Gasteiger partial charge is 0.352 e. The minimum atomic E-state index is -3.54. The van der Waals surface area contributed by atoms with Crippen LogP contribution >= 0.6 is 0 Å². The van der Waals surface area contributed by atoms with Gasteiger partial charge in [-0.3, -0.25) is 9.59 Å². The van der Waals surface area contributed by atoms with Crippen LogP contribution in [0.15, 0.2) is 53.4 Å². The van der Waals surface area contributed by atoms with E-state index < -0.39 is 10.0 Å². The topological polar surface area (TPSA) is 86.8 Å². The van der Waals surface area contributed by atoms with E-state index in [1.807, 2.05) is 0 Å². The molecule has 2 aromatic rings. The van der Waals surface area contributed by atoms with Crippen LogP contribution in [0.3, 0.4) is 0 Å². The number of hydrogen-bond acceptors (Lipinski definition) is 4. The number of nitrogens with one attached hydrogen (secondary N) is 1. The predicted molar refractivity (Wildman–Crippen MR) is 118 cm³/mol. The number of piperidine rings is 1. The molecule has 2 saturated heterocycles. The van der Waals surface area contributed by atoms with Gasteiger partial charge < -0.3 is 10.2 Å². The molecule has 170 valence electrons. The van der Waals surface area contributed by atoms with Crippen molar-refractivity contribution < 1.29 is 22.4 Å². The van der Waals surface area contributed by atoms with Gasteiger partial charge in [0.15, 0.2) is 0 Å². The van der Waals surface area contributed by atoms with Crippen molar-refractivity contribution >= 4 is 27.5 Å². The molecule has 4 rings (SSSR count). The Morgan fingerprint density at radius 2 is 1.66 bits per heavy atom. The van der Waals surface area contributed by atoms with Crippen molar-refractivity contribution in [3.63, 3.8) is 0 Å². The first-order valence-corrected chi connectivity index (χ1v) is 12.2. The number of sulfonamides is 1. The first kappa shape index (κ1) is 22.4. The number of nitrogens with zero attached hydrogens (tertiary/aromatic N) is 2. The highest BCUT2D eigenvalue weighted by Crippen LogP contribution is 2.25. The zero-order chi connectivity index (χ0) is 22.7. The number of carbonyl (C=O) groups is 2. The highest BCUT2D eigenvalue weighted by Gasteiger charge is 2.31. The second-order valence-corrected chi connectivity index (χ2v) is 10.2. The minimum absolute atomic E-state index is 0.0599. The Bertz CT molecular complexity index is 1080. The molecule has 0 bridgehead atoms. The number of carbonyl (C=O) groups excluding carboxylic acids is 2. The van der Waals surface area contributed by atoms with Gasteiger partial charge in [-0.2, -0.15) is 4.31 Å². The van der Waals surface area contributed by atoms with Crippen molar-refractivity contribution in [2.75, 3.05) is 31.1 Å². The van der Waals surface area contributed by atoms with Crippen LogP contribution < -0.4 is 10.2 Å². The third-order valence-corrected chi connectivity index (χ3v) is 7.88. The molecule has 0 radical (unpaired) electrons. The molecule has 1 unspecified atom stereocenters. The molecule has 2 aliphatic heterocycles. The average Bonchev–Trinajstić information content (AvgIpc) is 3.19. The molecule has 2 heterocycles. The summed E-state index contributed by atoms with van der Waals surface area (Å²) in [5.41, 5.74) is 0.998. The van der Waals surface area contributed by atoms with Gasteiger partial charge in [-0.05, 0) is 61.4 Å². The van der Waals surface area contributed by atoms with Gasteiger partial charge in [0.2, 0.25) is 15.9 Å². The summed E-state index contributed by atoms with van der Waals surface area (Å²) in [6.45, 7) is 1.81. The smallest absolute Gasteiger partial charge is 0.251 e. The van der Waals surface area contributed by atoms with Crippen molar-refractivity contribution in [2.45, 2.75) is 30.6 Å². The standard InChI is InChI=1S/C23H26FN3O4S/c24-19-6-8-20(9-7-19)27-16-17(14-22(27)28)15-25-23(29)18-4-10-21(11-5-18)32(30,31)26-12-2-1-3-13-26/h4-11,17H,1-3,12-16H2,(H,25,29). The Morgan fingerprint density at radius 3 is 2.31 bits per heavy atom. The Morgan fingerprint density at radius 1 is 1.00 bits per heavy atom. The van der Waals surface area contributed by atoms with Crippen LogP contribution in [-0.2, 0) is 14.8 Å². The summed E-state index contributed by atoms with van der Waals surface area (Å²) in [6, 6.07) is 11.7. The number of benzene rings is 2. The van der Waals surface area contributed by atoms with Crippen molar-refractivity contribution in [2.24, 2.45) is 5.92 Å². The summed E-state index contributed by atoms with van der Waals surface area (Å²) in [4.78, 5) is 26.6. The van der Waals surface area contributed by atoms with E-state index in [1.54, 1.807) is 17.0 Å². The fraction of sp³-hybridized carbons (Fsp3) is 0.391. The van der Waals surface area contributed by atoms with Crippen LogP contribution in [0.5, 0.6) is 0 Å². The van der Waals surface area contributed by atoms with E-state index in [2.05, 4.69) is 5.32 Å². The molecule has 0 saturated carbocycles. The first-order chi connectivity index (χ1) is 15.3. The Balaban J connectivity index is 1.33. The zero-order valence-electron chi connectivity index (χ0n) is 17.7. The summed E-state index contributed by atoms with van der Waals surface area (Å²) in [5.74, 6) is -0.808. The van der Waals surface area contributed by atoms with Crippen molar-refractivity contribution in [3.05, 3.63) is 59.9 Å². The summed E-state index contributed by atoms with van der Waals surface area (Å²) in [6.07, 6.45) is 3.06. The second-order valence-electron chi connectivity index (χ2n) is 8.25. The van der Waals surface area contributed by atoms with Crippen LogP contribution in [0.2, 0.25) is 0 Å². The maximum absolute atomic E-state index is 13.1. The minimum Gasteiger partial charge on any atom is -0.352 e. The number of anilines is 1. The monoisotopic (exact) mass is 459 g/mol. The molecule has 9 heteroatoms. The normalized spacial score (nSPS) is 19.8. The van der Waals surface area contributed by atoms with Crippen LogP contribution in [0.25, 0.3) is 0 Å². The molecule has 0 aliphatic carbocycles. The Hall–Kier alpha value is -2.78. The van der Waals surface area contributed by atoms with Crippen LogP contribution in [0, 0.1) is 11.7 Å². The van der Waals surface area contributed by atoms with E-state index in [4.69, 9.17) is 0 Å². The molecule has 1 atom stereocenters. The molecular formula is C23H26FN3O4S. The first-order valence-electron chi connectivity index (χ1n) is 10.8. The van der Waals surface area contributed by atoms with Gasteiger partial charge in [-0.1, -0.05) is 6.42 Å². The Kier molecular flexibility index (Phi) is 6.57. The quantitative estimate of drug-likeness (QED) is 0.720. The molecule has 2 aromatic carbocycles.